The number of amides is 1. The smallest absolute Gasteiger partial charge is 0.239 e. The zero-order valence-corrected chi connectivity index (χ0v) is 11.1. The zero-order chi connectivity index (χ0) is 13.1. The van der Waals surface area contributed by atoms with E-state index in [1.54, 1.807) is 0 Å². The highest BCUT2D eigenvalue weighted by Gasteiger charge is 2.20. The maximum atomic E-state index is 11.3. The third-order valence-corrected chi connectivity index (χ3v) is 2.82. The van der Waals surface area contributed by atoms with Crippen molar-refractivity contribution in [2.24, 2.45) is 5.73 Å². The largest absolute Gasteiger partial charge is 0.373 e. The average Bonchev–Trinajstić information content (AvgIpc) is 2.24. The van der Waals surface area contributed by atoms with E-state index in [0.29, 0.717) is 6.42 Å². The van der Waals surface area contributed by atoms with Crippen molar-refractivity contribution in [3.05, 3.63) is 29.8 Å². The van der Waals surface area contributed by atoms with Gasteiger partial charge in [-0.3, -0.25) is 4.79 Å². The molecule has 0 saturated heterocycles. The standard InChI is InChI=1S/C14H22N2O/c1-5-11(13(15)17)16-12-9-7-6-8-10(12)14(2,3)4/h6-9,11,16H,5H2,1-4H3,(H2,15,17). The SMILES string of the molecule is CCC(Nc1ccccc1C(C)(C)C)C(N)=O. The van der Waals surface area contributed by atoms with Crippen LogP contribution in [0.15, 0.2) is 24.3 Å². The number of hydrogen-bond donors (Lipinski definition) is 2. The number of nitrogens with two attached hydrogens (primary N) is 1. The number of para-hydroxylation sites is 1. The minimum atomic E-state index is -0.309. The minimum Gasteiger partial charge on any atom is -0.373 e. The van der Waals surface area contributed by atoms with Crippen LogP contribution in [0.3, 0.4) is 0 Å². The Morgan fingerprint density at radius 3 is 2.41 bits per heavy atom. The molecule has 0 aliphatic heterocycles. The third kappa shape index (κ3) is 3.48. The fourth-order valence-corrected chi connectivity index (χ4v) is 1.83. The van der Waals surface area contributed by atoms with E-state index in [2.05, 4.69) is 32.2 Å². The molecule has 0 radical (unpaired) electrons. The number of nitrogens with one attached hydrogen (secondary N) is 1. The quantitative estimate of drug-likeness (QED) is 0.841. The second kappa shape index (κ2) is 5.21. The van der Waals surface area contributed by atoms with Gasteiger partial charge in [-0.15, -0.1) is 0 Å². The first kappa shape index (κ1) is 13.6. The van der Waals surface area contributed by atoms with Crippen LogP contribution in [-0.2, 0) is 10.2 Å². The molecule has 1 aromatic carbocycles. The molecule has 1 rings (SSSR count). The molecule has 1 unspecified atom stereocenters. The molecule has 17 heavy (non-hydrogen) atoms. The second-order valence-electron chi connectivity index (χ2n) is 5.30. The van der Waals surface area contributed by atoms with Gasteiger partial charge < -0.3 is 11.1 Å². The molecule has 3 nitrogen and oxygen atoms in total. The highest BCUT2D eigenvalue weighted by Crippen LogP contribution is 2.29. The van der Waals surface area contributed by atoms with Crippen LogP contribution in [0.5, 0.6) is 0 Å². The summed E-state index contributed by atoms with van der Waals surface area (Å²) < 4.78 is 0. The molecule has 0 spiro atoms. The van der Waals surface area contributed by atoms with Crippen LogP contribution < -0.4 is 11.1 Å². The summed E-state index contributed by atoms with van der Waals surface area (Å²) in [6.45, 7) is 8.40. The van der Waals surface area contributed by atoms with Crippen molar-refractivity contribution in [2.75, 3.05) is 5.32 Å². The Kier molecular flexibility index (Phi) is 4.16. The van der Waals surface area contributed by atoms with Crippen LogP contribution in [0, 0.1) is 0 Å². The van der Waals surface area contributed by atoms with E-state index in [1.165, 1.54) is 5.56 Å². The summed E-state index contributed by atoms with van der Waals surface area (Å²) in [5, 5.41) is 3.23. The zero-order valence-electron chi connectivity index (χ0n) is 11.1. The van der Waals surface area contributed by atoms with E-state index < -0.39 is 0 Å². The van der Waals surface area contributed by atoms with Crippen LogP contribution in [0.2, 0.25) is 0 Å². The molecule has 0 fully saturated rings. The predicted molar refractivity (Wildman–Crippen MR) is 72.0 cm³/mol. The fraction of sp³-hybridized carbons (Fsp3) is 0.500. The van der Waals surface area contributed by atoms with Crippen molar-refractivity contribution >= 4 is 11.6 Å². The highest BCUT2D eigenvalue weighted by atomic mass is 16.1. The number of primary amides is 1. The first-order valence-electron chi connectivity index (χ1n) is 6.01. The monoisotopic (exact) mass is 234 g/mol. The topological polar surface area (TPSA) is 55.1 Å². The van der Waals surface area contributed by atoms with Crippen LogP contribution >= 0.6 is 0 Å². The molecule has 0 aliphatic rings. The summed E-state index contributed by atoms with van der Waals surface area (Å²) in [6.07, 6.45) is 0.688. The van der Waals surface area contributed by atoms with Crippen LogP contribution in [0.1, 0.15) is 39.7 Å². The molecule has 0 aliphatic carbocycles. The maximum Gasteiger partial charge on any atom is 0.239 e. The summed E-state index contributed by atoms with van der Waals surface area (Å²) in [7, 11) is 0. The van der Waals surface area contributed by atoms with Gasteiger partial charge in [-0.05, 0) is 23.5 Å². The Labute approximate surface area is 103 Å². The average molecular weight is 234 g/mol. The molecular weight excluding hydrogens is 212 g/mol. The summed E-state index contributed by atoms with van der Waals surface area (Å²) in [6, 6.07) is 7.74. The van der Waals surface area contributed by atoms with E-state index in [-0.39, 0.29) is 17.4 Å². The second-order valence-corrected chi connectivity index (χ2v) is 5.30. The van der Waals surface area contributed by atoms with Gasteiger partial charge in [0.25, 0.3) is 0 Å². The van der Waals surface area contributed by atoms with Crippen LogP contribution in [0.25, 0.3) is 0 Å². The van der Waals surface area contributed by atoms with Crippen molar-refractivity contribution in [3.63, 3.8) is 0 Å². The minimum absolute atomic E-state index is 0.0412. The van der Waals surface area contributed by atoms with Gasteiger partial charge in [0.2, 0.25) is 5.91 Å². The Morgan fingerprint density at radius 1 is 1.35 bits per heavy atom. The van der Waals surface area contributed by atoms with Crippen molar-refractivity contribution in [2.45, 2.75) is 45.6 Å². The number of hydrogen-bond acceptors (Lipinski definition) is 2. The molecule has 0 saturated carbocycles. The predicted octanol–water partition coefficient (Wildman–Crippen LogP) is 2.66. The van der Waals surface area contributed by atoms with Gasteiger partial charge in [0.1, 0.15) is 6.04 Å². The van der Waals surface area contributed by atoms with Crippen molar-refractivity contribution in [1.29, 1.82) is 0 Å². The Hall–Kier alpha value is -1.51. The van der Waals surface area contributed by atoms with Gasteiger partial charge in [0.15, 0.2) is 0 Å². The van der Waals surface area contributed by atoms with E-state index in [0.717, 1.165) is 5.69 Å². The summed E-state index contributed by atoms with van der Waals surface area (Å²) in [4.78, 5) is 11.3. The van der Waals surface area contributed by atoms with Gasteiger partial charge in [-0.1, -0.05) is 45.9 Å². The number of anilines is 1. The lowest BCUT2D eigenvalue weighted by atomic mass is 9.85. The Bertz CT molecular complexity index is 393. The molecule has 1 atom stereocenters. The van der Waals surface area contributed by atoms with Gasteiger partial charge in [0, 0.05) is 5.69 Å². The lowest BCUT2D eigenvalue weighted by Gasteiger charge is -2.25. The van der Waals surface area contributed by atoms with Gasteiger partial charge in [-0.2, -0.15) is 0 Å². The van der Waals surface area contributed by atoms with Crippen LogP contribution in [0.4, 0.5) is 5.69 Å². The van der Waals surface area contributed by atoms with E-state index >= 15 is 0 Å². The van der Waals surface area contributed by atoms with Crippen molar-refractivity contribution < 1.29 is 4.79 Å². The van der Waals surface area contributed by atoms with Crippen molar-refractivity contribution in [1.82, 2.24) is 0 Å². The summed E-state index contributed by atoms with van der Waals surface area (Å²) >= 11 is 0. The van der Waals surface area contributed by atoms with E-state index in [1.807, 2.05) is 25.1 Å². The first-order chi connectivity index (χ1) is 7.86. The molecule has 0 aromatic heterocycles. The van der Waals surface area contributed by atoms with Gasteiger partial charge >= 0.3 is 0 Å². The third-order valence-electron chi connectivity index (χ3n) is 2.82. The van der Waals surface area contributed by atoms with Gasteiger partial charge in [0.05, 0.1) is 0 Å². The Balaban J connectivity index is 3.02. The molecule has 94 valence electrons. The normalized spacial score (nSPS) is 13.2. The molecule has 0 heterocycles. The molecular formula is C14H22N2O. The van der Waals surface area contributed by atoms with E-state index in [9.17, 15) is 4.79 Å². The molecule has 0 bridgehead atoms. The summed E-state index contributed by atoms with van der Waals surface area (Å²) in [5.41, 5.74) is 7.58. The lowest BCUT2D eigenvalue weighted by Crippen LogP contribution is -2.35. The van der Waals surface area contributed by atoms with Crippen molar-refractivity contribution in [3.8, 4) is 0 Å². The van der Waals surface area contributed by atoms with Gasteiger partial charge in [-0.25, -0.2) is 0 Å². The van der Waals surface area contributed by atoms with Crippen LogP contribution in [-0.4, -0.2) is 11.9 Å². The number of carbonyl (C=O) groups is 1. The lowest BCUT2D eigenvalue weighted by molar-refractivity contribution is -0.118. The molecule has 1 amide bonds. The Morgan fingerprint density at radius 2 is 1.94 bits per heavy atom. The summed E-state index contributed by atoms with van der Waals surface area (Å²) in [5.74, 6) is -0.309. The number of benzene rings is 1. The molecule has 1 aromatic rings. The number of carbonyl (C=O) groups excluding carboxylic acids is 1. The highest BCUT2D eigenvalue weighted by molar-refractivity contribution is 5.83. The maximum absolute atomic E-state index is 11.3. The first-order valence-corrected chi connectivity index (χ1v) is 6.01. The molecule has 3 heteroatoms. The molecule has 3 N–H and O–H groups in total. The fourth-order valence-electron chi connectivity index (χ4n) is 1.83. The van der Waals surface area contributed by atoms with E-state index in [4.69, 9.17) is 5.73 Å². The number of rotatable bonds is 4.